The van der Waals surface area contributed by atoms with E-state index in [1.54, 1.807) is 6.08 Å². The van der Waals surface area contributed by atoms with E-state index in [1.807, 2.05) is 24.3 Å². The van der Waals surface area contributed by atoms with E-state index in [0.29, 0.717) is 0 Å². The summed E-state index contributed by atoms with van der Waals surface area (Å²) in [4.78, 5) is 10.3. The minimum Gasteiger partial charge on any atom is -0.464 e. The van der Waals surface area contributed by atoms with Crippen molar-refractivity contribution in [3.05, 3.63) is 35.9 Å². The van der Waals surface area contributed by atoms with Crippen molar-refractivity contribution in [3.8, 4) is 5.75 Å². The fourth-order valence-electron chi connectivity index (χ4n) is 1.81. The maximum Gasteiger partial charge on any atom is 0.199 e. The zero-order valence-corrected chi connectivity index (χ0v) is 9.67. The minimum atomic E-state index is -0.158. The van der Waals surface area contributed by atoms with E-state index >= 15 is 0 Å². The Bertz CT molecular complexity index is 392. The van der Waals surface area contributed by atoms with Gasteiger partial charge in [0.05, 0.1) is 6.61 Å². The SMILES string of the molecule is O=C/C=C/c1ccccc1O[C@H]1CCCCO1. The van der Waals surface area contributed by atoms with Crippen LogP contribution in [0.15, 0.2) is 30.3 Å². The molecule has 1 atom stereocenters. The number of allylic oxidation sites excluding steroid dienone is 1. The summed E-state index contributed by atoms with van der Waals surface area (Å²) in [5.41, 5.74) is 0.897. The summed E-state index contributed by atoms with van der Waals surface area (Å²) >= 11 is 0. The number of hydrogen-bond acceptors (Lipinski definition) is 3. The number of aldehydes is 1. The quantitative estimate of drug-likeness (QED) is 0.591. The van der Waals surface area contributed by atoms with Crippen molar-refractivity contribution in [1.29, 1.82) is 0 Å². The van der Waals surface area contributed by atoms with Crippen molar-refractivity contribution >= 4 is 12.4 Å². The summed E-state index contributed by atoms with van der Waals surface area (Å²) in [5.74, 6) is 0.762. The maximum absolute atomic E-state index is 10.3. The van der Waals surface area contributed by atoms with E-state index in [2.05, 4.69) is 0 Å². The van der Waals surface area contributed by atoms with Gasteiger partial charge >= 0.3 is 0 Å². The van der Waals surface area contributed by atoms with Crippen LogP contribution in [0.5, 0.6) is 5.75 Å². The van der Waals surface area contributed by atoms with Gasteiger partial charge in [0.1, 0.15) is 12.0 Å². The normalized spacial score (nSPS) is 20.4. The van der Waals surface area contributed by atoms with Crippen molar-refractivity contribution in [2.24, 2.45) is 0 Å². The molecule has 0 saturated carbocycles. The highest BCUT2D eigenvalue weighted by molar-refractivity contribution is 5.75. The largest absolute Gasteiger partial charge is 0.464 e. The monoisotopic (exact) mass is 232 g/mol. The lowest BCUT2D eigenvalue weighted by molar-refractivity contribution is -0.106. The Kier molecular flexibility index (Phi) is 4.33. The summed E-state index contributed by atoms with van der Waals surface area (Å²) in [6.45, 7) is 0.761. The molecular formula is C14H16O3. The van der Waals surface area contributed by atoms with E-state index in [1.165, 1.54) is 6.08 Å². The molecule has 0 radical (unpaired) electrons. The third-order valence-electron chi connectivity index (χ3n) is 2.67. The highest BCUT2D eigenvalue weighted by Gasteiger charge is 2.15. The molecule has 0 amide bonds. The number of para-hydroxylation sites is 1. The zero-order valence-electron chi connectivity index (χ0n) is 9.67. The van der Waals surface area contributed by atoms with Crippen LogP contribution in [0, 0.1) is 0 Å². The third kappa shape index (κ3) is 3.43. The standard InChI is InChI=1S/C14H16O3/c15-10-5-7-12-6-1-2-8-13(12)17-14-9-3-4-11-16-14/h1-2,5-8,10,14H,3-4,9,11H2/b7-5+/t14-/m0/s1. The van der Waals surface area contributed by atoms with Crippen molar-refractivity contribution in [2.45, 2.75) is 25.6 Å². The molecule has 90 valence electrons. The Morgan fingerprint density at radius 3 is 2.94 bits per heavy atom. The number of carbonyl (C=O) groups excluding carboxylic acids is 1. The number of hydrogen-bond donors (Lipinski definition) is 0. The van der Waals surface area contributed by atoms with Crippen LogP contribution < -0.4 is 4.74 Å². The van der Waals surface area contributed by atoms with Gasteiger partial charge in [0.2, 0.25) is 0 Å². The van der Waals surface area contributed by atoms with Crippen LogP contribution >= 0.6 is 0 Å². The highest BCUT2D eigenvalue weighted by atomic mass is 16.7. The van der Waals surface area contributed by atoms with E-state index in [0.717, 1.165) is 43.5 Å². The Balaban J connectivity index is 2.08. The van der Waals surface area contributed by atoms with Gasteiger partial charge in [-0.1, -0.05) is 18.2 Å². The molecule has 0 N–H and O–H groups in total. The lowest BCUT2D eigenvalue weighted by Gasteiger charge is -2.24. The van der Waals surface area contributed by atoms with Gasteiger partial charge in [-0.2, -0.15) is 0 Å². The second-order valence-corrected chi connectivity index (χ2v) is 3.95. The van der Waals surface area contributed by atoms with Crippen molar-refractivity contribution in [2.75, 3.05) is 6.61 Å². The maximum atomic E-state index is 10.3. The van der Waals surface area contributed by atoms with Crippen LogP contribution in [-0.2, 0) is 9.53 Å². The Hall–Kier alpha value is -1.61. The van der Waals surface area contributed by atoms with Crippen LogP contribution in [0.4, 0.5) is 0 Å². The molecule has 17 heavy (non-hydrogen) atoms. The topological polar surface area (TPSA) is 35.5 Å². The van der Waals surface area contributed by atoms with E-state index < -0.39 is 0 Å². The summed E-state index contributed by atoms with van der Waals surface area (Å²) in [6.07, 6.45) is 6.97. The van der Waals surface area contributed by atoms with Crippen LogP contribution in [0.1, 0.15) is 24.8 Å². The Morgan fingerprint density at radius 2 is 2.18 bits per heavy atom. The average Bonchev–Trinajstić information content (AvgIpc) is 2.39. The summed E-state index contributed by atoms with van der Waals surface area (Å²) in [7, 11) is 0. The molecule has 0 aliphatic carbocycles. The minimum absolute atomic E-state index is 0.158. The van der Waals surface area contributed by atoms with E-state index in [9.17, 15) is 4.79 Å². The molecule has 1 aliphatic rings. The van der Waals surface area contributed by atoms with Gasteiger partial charge in [0, 0.05) is 12.0 Å². The van der Waals surface area contributed by atoms with Gasteiger partial charge in [0.25, 0.3) is 0 Å². The molecular weight excluding hydrogens is 216 g/mol. The molecule has 0 bridgehead atoms. The van der Waals surface area contributed by atoms with Gasteiger partial charge in [-0.15, -0.1) is 0 Å². The molecule has 1 aliphatic heterocycles. The molecule has 1 heterocycles. The molecule has 3 nitrogen and oxygen atoms in total. The predicted octanol–water partition coefficient (Wildman–Crippen LogP) is 2.80. The lowest BCUT2D eigenvalue weighted by atomic mass is 10.1. The van der Waals surface area contributed by atoms with Crippen molar-refractivity contribution < 1.29 is 14.3 Å². The summed E-state index contributed by atoms with van der Waals surface area (Å²) < 4.78 is 11.3. The summed E-state index contributed by atoms with van der Waals surface area (Å²) in [6, 6.07) is 7.63. The first-order chi connectivity index (χ1) is 8.40. The van der Waals surface area contributed by atoms with Gasteiger partial charge in [-0.3, -0.25) is 4.79 Å². The highest BCUT2D eigenvalue weighted by Crippen LogP contribution is 2.23. The first kappa shape index (κ1) is 11.9. The molecule has 1 saturated heterocycles. The number of carbonyl (C=O) groups is 1. The van der Waals surface area contributed by atoms with Gasteiger partial charge < -0.3 is 9.47 Å². The van der Waals surface area contributed by atoms with Gasteiger partial charge in [-0.05, 0) is 31.1 Å². The number of ether oxygens (including phenoxy) is 2. The molecule has 1 fully saturated rings. The second kappa shape index (κ2) is 6.21. The molecule has 0 spiro atoms. The van der Waals surface area contributed by atoms with Crippen molar-refractivity contribution in [1.82, 2.24) is 0 Å². The Labute approximate surface area is 101 Å². The fourth-order valence-corrected chi connectivity index (χ4v) is 1.81. The average molecular weight is 232 g/mol. The second-order valence-electron chi connectivity index (χ2n) is 3.95. The van der Waals surface area contributed by atoms with Crippen LogP contribution in [-0.4, -0.2) is 19.2 Å². The molecule has 0 unspecified atom stereocenters. The third-order valence-corrected chi connectivity index (χ3v) is 2.67. The molecule has 1 aromatic rings. The number of benzene rings is 1. The lowest BCUT2D eigenvalue weighted by Crippen LogP contribution is -2.25. The van der Waals surface area contributed by atoms with E-state index in [-0.39, 0.29) is 6.29 Å². The van der Waals surface area contributed by atoms with Crippen LogP contribution in [0.25, 0.3) is 6.08 Å². The number of rotatable bonds is 4. The Morgan fingerprint density at radius 1 is 1.29 bits per heavy atom. The molecule has 2 rings (SSSR count). The van der Waals surface area contributed by atoms with Crippen LogP contribution in [0.3, 0.4) is 0 Å². The van der Waals surface area contributed by atoms with E-state index in [4.69, 9.17) is 9.47 Å². The predicted molar refractivity (Wildman–Crippen MR) is 65.8 cm³/mol. The first-order valence-corrected chi connectivity index (χ1v) is 5.89. The van der Waals surface area contributed by atoms with Gasteiger partial charge in [-0.25, -0.2) is 0 Å². The van der Waals surface area contributed by atoms with Gasteiger partial charge in [0.15, 0.2) is 6.29 Å². The zero-order chi connectivity index (χ0) is 11.9. The molecule has 3 heteroatoms. The summed E-state index contributed by atoms with van der Waals surface area (Å²) in [5, 5.41) is 0. The molecule has 1 aromatic carbocycles. The van der Waals surface area contributed by atoms with Crippen LogP contribution in [0.2, 0.25) is 0 Å². The first-order valence-electron chi connectivity index (χ1n) is 5.89. The molecule has 0 aromatic heterocycles. The smallest absolute Gasteiger partial charge is 0.199 e. The fraction of sp³-hybridized carbons (Fsp3) is 0.357. The van der Waals surface area contributed by atoms with Crippen molar-refractivity contribution in [3.63, 3.8) is 0 Å².